The van der Waals surface area contributed by atoms with Crippen LogP contribution in [0.25, 0.3) is 0 Å². The fourth-order valence-electron chi connectivity index (χ4n) is 2.11. The van der Waals surface area contributed by atoms with E-state index in [1.807, 2.05) is 13.8 Å². The van der Waals surface area contributed by atoms with E-state index in [0.717, 1.165) is 0 Å². The first-order chi connectivity index (χ1) is 7.93. The maximum atomic E-state index is 10.6. The molecule has 98 valence electrons. The van der Waals surface area contributed by atoms with Gasteiger partial charge in [-0.25, -0.2) is 4.79 Å². The molecular formula is C10H15ClO6. The molecule has 0 aromatic rings. The molecule has 0 aromatic carbocycles. The lowest BCUT2D eigenvalue weighted by Gasteiger charge is -2.23. The van der Waals surface area contributed by atoms with Gasteiger partial charge in [0.1, 0.15) is 24.9 Å². The third-order valence-electron chi connectivity index (χ3n) is 2.70. The molecule has 2 heterocycles. The van der Waals surface area contributed by atoms with Gasteiger partial charge >= 0.3 is 5.43 Å². The molecule has 0 amide bonds. The lowest BCUT2D eigenvalue weighted by Crippen LogP contribution is -2.33. The normalized spacial score (nSPS) is 39.1. The number of hydrogen-bond donors (Lipinski definition) is 0. The van der Waals surface area contributed by atoms with E-state index in [4.69, 9.17) is 35.3 Å². The van der Waals surface area contributed by atoms with E-state index in [0.29, 0.717) is 0 Å². The third-order valence-corrected chi connectivity index (χ3v) is 2.81. The fourth-order valence-corrected chi connectivity index (χ4v) is 2.18. The van der Waals surface area contributed by atoms with Crippen LogP contribution in [0.3, 0.4) is 0 Å². The first-order valence-corrected chi connectivity index (χ1v) is 5.67. The smallest absolute Gasteiger partial charge is 0.403 e. The number of hydrogen-bond acceptors (Lipinski definition) is 6. The van der Waals surface area contributed by atoms with Gasteiger partial charge in [-0.05, 0) is 13.8 Å². The van der Waals surface area contributed by atoms with Crippen LogP contribution >= 0.6 is 11.6 Å². The Bertz CT molecular complexity index is 307. The van der Waals surface area contributed by atoms with E-state index in [1.54, 1.807) is 0 Å². The minimum Gasteiger partial charge on any atom is -0.451 e. The van der Waals surface area contributed by atoms with Crippen LogP contribution in [0.1, 0.15) is 13.8 Å². The van der Waals surface area contributed by atoms with Gasteiger partial charge in [-0.3, -0.25) is 0 Å². The Kier molecular flexibility index (Phi) is 3.61. The minimum atomic E-state index is -0.871. The summed E-state index contributed by atoms with van der Waals surface area (Å²) in [5.74, 6) is -0.695. The largest absolute Gasteiger partial charge is 0.451 e. The number of carbonyl (C=O) groups excluding carboxylic acids is 1. The molecule has 7 heteroatoms. The van der Waals surface area contributed by atoms with E-state index in [9.17, 15) is 4.79 Å². The Morgan fingerprint density at radius 3 is 2.59 bits per heavy atom. The summed E-state index contributed by atoms with van der Waals surface area (Å²) in [7, 11) is 1.52. The number of carbonyl (C=O) groups is 1. The van der Waals surface area contributed by atoms with Crippen molar-refractivity contribution < 1.29 is 28.5 Å². The zero-order valence-electron chi connectivity index (χ0n) is 9.84. The van der Waals surface area contributed by atoms with Crippen molar-refractivity contribution in [2.45, 2.75) is 44.2 Å². The van der Waals surface area contributed by atoms with Crippen molar-refractivity contribution in [2.75, 3.05) is 13.7 Å². The third kappa shape index (κ3) is 2.71. The lowest BCUT2D eigenvalue weighted by atomic mass is 10.1. The summed E-state index contributed by atoms with van der Waals surface area (Å²) in [6.07, 6.45) is -1.62. The molecule has 0 N–H and O–H groups in total. The van der Waals surface area contributed by atoms with E-state index in [-0.39, 0.29) is 18.8 Å². The summed E-state index contributed by atoms with van der Waals surface area (Å²) in [5, 5.41) is 0. The van der Waals surface area contributed by atoms with Crippen molar-refractivity contribution in [2.24, 2.45) is 0 Å². The summed E-state index contributed by atoms with van der Waals surface area (Å²) in [4.78, 5) is 10.6. The van der Waals surface area contributed by atoms with E-state index in [1.165, 1.54) is 7.11 Å². The van der Waals surface area contributed by atoms with E-state index in [2.05, 4.69) is 0 Å². The predicted molar refractivity (Wildman–Crippen MR) is 56.7 cm³/mol. The molecule has 0 aliphatic carbocycles. The van der Waals surface area contributed by atoms with Gasteiger partial charge in [0, 0.05) is 18.7 Å². The van der Waals surface area contributed by atoms with Gasteiger partial charge in [0.05, 0.1) is 0 Å². The summed E-state index contributed by atoms with van der Waals surface area (Å²) in [5.41, 5.74) is -0.871. The average Bonchev–Trinajstić information content (AvgIpc) is 2.68. The van der Waals surface area contributed by atoms with Crippen molar-refractivity contribution in [1.82, 2.24) is 0 Å². The Balaban J connectivity index is 2.02. The van der Waals surface area contributed by atoms with Crippen molar-refractivity contribution in [3.63, 3.8) is 0 Å². The standard InChI is InChI=1S/C10H15ClO6/c1-10(2)16-6-5(4-14-9(11)12)15-8(13-3)7(6)17-10/h5-8H,4H2,1-3H3/t5-,6?,7+,8-/m1/s1. The van der Waals surface area contributed by atoms with Gasteiger partial charge in [-0.15, -0.1) is 0 Å². The molecule has 2 rings (SSSR count). The highest BCUT2D eigenvalue weighted by Gasteiger charge is 2.55. The Morgan fingerprint density at radius 1 is 1.35 bits per heavy atom. The predicted octanol–water partition coefficient (Wildman–Crippen LogP) is 1.25. The molecular weight excluding hydrogens is 252 g/mol. The monoisotopic (exact) mass is 266 g/mol. The molecule has 2 aliphatic heterocycles. The number of methoxy groups -OCH3 is 1. The molecule has 1 unspecified atom stereocenters. The lowest BCUT2D eigenvalue weighted by molar-refractivity contribution is -0.229. The molecule has 0 saturated carbocycles. The second-order valence-electron chi connectivity index (χ2n) is 4.39. The molecule has 4 atom stereocenters. The van der Waals surface area contributed by atoms with Crippen LogP contribution in [-0.4, -0.2) is 49.5 Å². The number of fused-ring (bicyclic) bond motifs is 1. The van der Waals surface area contributed by atoms with Crippen molar-refractivity contribution in [1.29, 1.82) is 0 Å². The fraction of sp³-hybridized carbons (Fsp3) is 0.900. The number of ether oxygens (including phenoxy) is 5. The quantitative estimate of drug-likeness (QED) is 0.717. The molecule has 2 saturated heterocycles. The Morgan fingerprint density at radius 2 is 2.00 bits per heavy atom. The number of rotatable bonds is 3. The molecule has 0 radical (unpaired) electrons. The van der Waals surface area contributed by atoms with Crippen LogP contribution in [0.2, 0.25) is 0 Å². The topological polar surface area (TPSA) is 63.2 Å². The zero-order chi connectivity index (χ0) is 12.6. The molecule has 2 aliphatic rings. The molecule has 2 fully saturated rings. The van der Waals surface area contributed by atoms with Crippen molar-refractivity contribution in [3.05, 3.63) is 0 Å². The molecule has 0 aromatic heterocycles. The van der Waals surface area contributed by atoms with Crippen molar-refractivity contribution in [3.8, 4) is 0 Å². The first kappa shape index (κ1) is 13.0. The summed E-state index contributed by atoms with van der Waals surface area (Å²) in [6, 6.07) is 0. The SMILES string of the molecule is CO[C@@H]1O[C@H](COC(=O)Cl)C2OC(C)(C)O[C@@H]21. The van der Waals surface area contributed by atoms with Crippen LogP contribution < -0.4 is 0 Å². The van der Waals surface area contributed by atoms with Gasteiger partial charge in [0.15, 0.2) is 12.1 Å². The van der Waals surface area contributed by atoms with Crippen LogP contribution in [0.5, 0.6) is 0 Å². The highest BCUT2D eigenvalue weighted by Crippen LogP contribution is 2.38. The maximum Gasteiger partial charge on any atom is 0.403 e. The second kappa shape index (κ2) is 4.70. The van der Waals surface area contributed by atoms with Gasteiger partial charge in [-0.1, -0.05) is 0 Å². The summed E-state index contributed by atoms with van der Waals surface area (Å²) >= 11 is 5.11. The zero-order valence-corrected chi connectivity index (χ0v) is 10.6. The van der Waals surface area contributed by atoms with Gasteiger partial charge < -0.3 is 23.7 Å². The Hall–Kier alpha value is -0.400. The van der Waals surface area contributed by atoms with Crippen LogP contribution in [0.15, 0.2) is 0 Å². The maximum absolute atomic E-state index is 10.6. The molecule has 0 bridgehead atoms. The van der Waals surface area contributed by atoms with Gasteiger partial charge in [0.25, 0.3) is 0 Å². The molecule has 6 nitrogen and oxygen atoms in total. The van der Waals surface area contributed by atoms with Crippen molar-refractivity contribution >= 4 is 17.0 Å². The summed E-state index contributed by atoms with van der Waals surface area (Å²) in [6.45, 7) is 3.63. The Labute approximate surface area is 104 Å². The van der Waals surface area contributed by atoms with Crippen LogP contribution in [0, 0.1) is 0 Å². The minimum absolute atomic E-state index is 0.0167. The van der Waals surface area contributed by atoms with Crippen LogP contribution in [0.4, 0.5) is 4.79 Å². The molecule has 0 spiro atoms. The van der Waals surface area contributed by atoms with Crippen LogP contribution in [-0.2, 0) is 23.7 Å². The first-order valence-electron chi connectivity index (χ1n) is 5.29. The van der Waals surface area contributed by atoms with E-state index < -0.39 is 23.6 Å². The summed E-state index contributed by atoms with van der Waals surface area (Å²) < 4.78 is 26.7. The highest BCUT2D eigenvalue weighted by molar-refractivity contribution is 6.61. The van der Waals surface area contributed by atoms with Gasteiger partial charge in [-0.2, -0.15) is 0 Å². The van der Waals surface area contributed by atoms with Gasteiger partial charge in [0.2, 0.25) is 0 Å². The average molecular weight is 267 g/mol. The molecule has 17 heavy (non-hydrogen) atoms. The van der Waals surface area contributed by atoms with E-state index >= 15 is 0 Å². The highest BCUT2D eigenvalue weighted by atomic mass is 35.5. The number of halogens is 1. The second-order valence-corrected chi connectivity index (χ2v) is 4.70.